The van der Waals surface area contributed by atoms with E-state index in [0.29, 0.717) is 36.8 Å². The van der Waals surface area contributed by atoms with E-state index in [1.165, 1.54) is 18.2 Å². The summed E-state index contributed by atoms with van der Waals surface area (Å²) < 4.78 is 50.1. The maximum absolute atomic E-state index is 15.0. The van der Waals surface area contributed by atoms with E-state index in [4.69, 9.17) is 10.5 Å². The van der Waals surface area contributed by atoms with E-state index in [2.05, 4.69) is 22.2 Å². The van der Waals surface area contributed by atoms with Crippen molar-refractivity contribution in [1.82, 2.24) is 9.97 Å². The summed E-state index contributed by atoms with van der Waals surface area (Å²) in [5.74, 6) is -2.97. The zero-order chi connectivity index (χ0) is 26.1. The molecular formula is C28H29F3N4O2. The average Bonchev–Trinajstić information content (AvgIpc) is 3.39. The number of nitrogens with two attached hydrogens (primary N) is 1. The largest absolute Gasteiger partial charge is 0.381 e. The zero-order valence-corrected chi connectivity index (χ0v) is 20.5. The van der Waals surface area contributed by atoms with Crippen LogP contribution in [-0.4, -0.2) is 35.1 Å². The summed E-state index contributed by atoms with van der Waals surface area (Å²) in [6.45, 7) is 3.05. The van der Waals surface area contributed by atoms with Crippen LogP contribution in [0.4, 0.5) is 18.9 Å². The van der Waals surface area contributed by atoms with Gasteiger partial charge in [0.1, 0.15) is 28.8 Å². The number of carbonyl (C=O) groups excluding carboxylic acids is 1. The number of ether oxygens (including phenoxy) is 1. The highest BCUT2D eigenvalue weighted by Gasteiger charge is 2.28. The Morgan fingerprint density at radius 1 is 1.05 bits per heavy atom. The van der Waals surface area contributed by atoms with Crippen molar-refractivity contribution in [3.8, 4) is 11.3 Å². The molecule has 37 heavy (non-hydrogen) atoms. The Morgan fingerprint density at radius 3 is 2.54 bits per heavy atom. The van der Waals surface area contributed by atoms with E-state index in [0.717, 1.165) is 30.9 Å². The number of hydrogen-bond donors (Lipinski definition) is 2. The van der Waals surface area contributed by atoms with Gasteiger partial charge in [0.2, 0.25) is 0 Å². The first-order valence-corrected chi connectivity index (χ1v) is 12.5. The summed E-state index contributed by atoms with van der Waals surface area (Å²) in [4.78, 5) is 21.3. The molecule has 1 saturated carbocycles. The minimum Gasteiger partial charge on any atom is -0.381 e. The van der Waals surface area contributed by atoms with Crippen LogP contribution < -0.4 is 11.1 Å². The van der Waals surface area contributed by atoms with E-state index in [1.807, 2.05) is 6.07 Å². The molecule has 1 unspecified atom stereocenters. The van der Waals surface area contributed by atoms with Gasteiger partial charge in [-0.1, -0.05) is 6.92 Å². The second kappa shape index (κ2) is 10.6. The number of anilines is 1. The van der Waals surface area contributed by atoms with Crippen LogP contribution in [0, 0.1) is 23.4 Å². The van der Waals surface area contributed by atoms with Crippen molar-refractivity contribution in [1.29, 1.82) is 0 Å². The third-order valence-electron chi connectivity index (χ3n) is 7.30. The van der Waals surface area contributed by atoms with Crippen LogP contribution in [0.2, 0.25) is 0 Å². The van der Waals surface area contributed by atoms with Crippen LogP contribution in [-0.2, 0) is 4.74 Å². The minimum absolute atomic E-state index is 0.0733. The van der Waals surface area contributed by atoms with Crippen LogP contribution >= 0.6 is 0 Å². The molecule has 1 aliphatic carbocycles. The molecule has 3 heterocycles. The Labute approximate surface area is 213 Å². The number of nitrogens with zero attached hydrogens (tertiary/aromatic N) is 2. The SMILES string of the molecule is C[C@@H]1C[C@H](N)C[C@H](c2ccncc2NC(=O)c2ccc(F)c(-c3c(F)cc(C4CCOC4)cc3F)n2)C1. The van der Waals surface area contributed by atoms with Gasteiger partial charge in [-0.2, -0.15) is 0 Å². The maximum Gasteiger partial charge on any atom is 0.274 e. The number of halogens is 3. The second-order valence-electron chi connectivity index (χ2n) is 10.1. The summed E-state index contributed by atoms with van der Waals surface area (Å²) in [6, 6.07) is 6.47. The molecular weight excluding hydrogens is 481 g/mol. The quantitative estimate of drug-likeness (QED) is 0.470. The number of aromatic nitrogens is 2. The molecule has 1 saturated heterocycles. The van der Waals surface area contributed by atoms with E-state index >= 15 is 8.78 Å². The lowest BCUT2D eigenvalue weighted by atomic mass is 9.76. The van der Waals surface area contributed by atoms with Crippen LogP contribution in [0.5, 0.6) is 0 Å². The maximum atomic E-state index is 15.0. The summed E-state index contributed by atoms with van der Waals surface area (Å²) in [6.07, 6.45) is 6.54. The van der Waals surface area contributed by atoms with Crippen molar-refractivity contribution in [2.45, 2.75) is 50.5 Å². The number of rotatable bonds is 5. The fraction of sp³-hybridized carbons (Fsp3) is 0.393. The Kier molecular flexibility index (Phi) is 7.26. The molecule has 2 fully saturated rings. The van der Waals surface area contributed by atoms with Crippen LogP contribution in [0.15, 0.2) is 42.7 Å². The summed E-state index contributed by atoms with van der Waals surface area (Å²) in [7, 11) is 0. The highest BCUT2D eigenvalue weighted by molar-refractivity contribution is 6.03. The topological polar surface area (TPSA) is 90.1 Å². The first-order valence-electron chi connectivity index (χ1n) is 12.5. The Balaban J connectivity index is 1.42. The molecule has 2 aliphatic rings. The van der Waals surface area contributed by atoms with Crippen molar-refractivity contribution in [3.63, 3.8) is 0 Å². The third-order valence-corrected chi connectivity index (χ3v) is 7.30. The number of benzene rings is 1. The normalized spacial score (nSPS) is 23.7. The molecule has 5 rings (SSSR count). The van der Waals surface area contributed by atoms with Crippen LogP contribution in [0.1, 0.15) is 66.1 Å². The molecule has 9 heteroatoms. The molecule has 1 aliphatic heterocycles. The van der Waals surface area contributed by atoms with E-state index < -0.39 is 34.6 Å². The fourth-order valence-electron chi connectivity index (χ4n) is 5.56. The molecule has 2 aromatic heterocycles. The van der Waals surface area contributed by atoms with Crippen LogP contribution in [0.3, 0.4) is 0 Å². The molecule has 6 nitrogen and oxygen atoms in total. The number of amides is 1. The minimum atomic E-state index is -0.942. The zero-order valence-electron chi connectivity index (χ0n) is 20.5. The van der Waals surface area contributed by atoms with Gasteiger partial charge in [-0.3, -0.25) is 9.78 Å². The number of carbonyl (C=O) groups is 1. The first-order chi connectivity index (χ1) is 17.8. The number of nitrogens with one attached hydrogen (secondary N) is 1. The summed E-state index contributed by atoms with van der Waals surface area (Å²) in [5, 5.41) is 2.80. The lowest BCUT2D eigenvalue weighted by Crippen LogP contribution is -2.31. The Hall–Kier alpha value is -3.30. The predicted octanol–water partition coefficient (Wildman–Crippen LogP) is 5.55. The number of hydrogen-bond acceptors (Lipinski definition) is 5. The van der Waals surface area contributed by atoms with Gasteiger partial charge in [0, 0.05) is 24.8 Å². The summed E-state index contributed by atoms with van der Waals surface area (Å²) in [5.41, 5.74) is 6.76. The smallest absolute Gasteiger partial charge is 0.274 e. The monoisotopic (exact) mass is 510 g/mol. The molecule has 1 amide bonds. The summed E-state index contributed by atoms with van der Waals surface area (Å²) >= 11 is 0. The molecule has 0 bridgehead atoms. The lowest BCUT2D eigenvalue weighted by Gasteiger charge is -2.32. The van der Waals surface area contributed by atoms with Crippen molar-refractivity contribution in [2.24, 2.45) is 11.7 Å². The van der Waals surface area contributed by atoms with Crippen molar-refractivity contribution < 1.29 is 22.7 Å². The Bertz CT molecular complexity index is 1280. The van der Waals surface area contributed by atoms with Gasteiger partial charge in [0.05, 0.1) is 24.1 Å². The van der Waals surface area contributed by atoms with Gasteiger partial charge in [0.15, 0.2) is 0 Å². The van der Waals surface area contributed by atoms with E-state index in [-0.39, 0.29) is 23.6 Å². The third kappa shape index (κ3) is 5.38. The van der Waals surface area contributed by atoms with E-state index in [1.54, 1.807) is 12.4 Å². The second-order valence-corrected chi connectivity index (χ2v) is 10.1. The van der Waals surface area contributed by atoms with Crippen molar-refractivity contribution >= 4 is 11.6 Å². The van der Waals surface area contributed by atoms with Gasteiger partial charge in [-0.15, -0.1) is 0 Å². The van der Waals surface area contributed by atoms with Gasteiger partial charge in [0.25, 0.3) is 5.91 Å². The van der Waals surface area contributed by atoms with Gasteiger partial charge in [-0.05, 0) is 79.0 Å². The fourth-order valence-corrected chi connectivity index (χ4v) is 5.56. The van der Waals surface area contributed by atoms with Gasteiger partial charge >= 0.3 is 0 Å². The van der Waals surface area contributed by atoms with E-state index in [9.17, 15) is 9.18 Å². The molecule has 3 aromatic rings. The number of pyridine rings is 2. The lowest BCUT2D eigenvalue weighted by molar-refractivity contribution is 0.102. The van der Waals surface area contributed by atoms with Crippen molar-refractivity contribution in [3.05, 3.63) is 77.0 Å². The molecule has 0 spiro atoms. The average molecular weight is 511 g/mol. The Morgan fingerprint density at radius 2 is 1.84 bits per heavy atom. The molecule has 4 atom stereocenters. The molecule has 194 valence electrons. The van der Waals surface area contributed by atoms with Gasteiger partial charge < -0.3 is 15.8 Å². The highest BCUT2D eigenvalue weighted by atomic mass is 19.1. The highest BCUT2D eigenvalue weighted by Crippen LogP contribution is 2.38. The standard InChI is InChI=1S/C28H29F3N4O2/c1-15-8-18(10-19(32)9-15)20-4-6-33-13-25(20)35-28(36)24-3-2-21(29)27(34-24)26-22(30)11-17(12-23(26)31)16-5-7-37-14-16/h2-4,6,11-13,15-16,18-19H,5,7-10,14,32H2,1H3,(H,35,36)/t15-,16?,18+,19-/m0/s1. The molecule has 0 radical (unpaired) electrons. The molecule has 1 aromatic carbocycles. The predicted molar refractivity (Wildman–Crippen MR) is 134 cm³/mol. The van der Waals surface area contributed by atoms with Crippen molar-refractivity contribution in [2.75, 3.05) is 18.5 Å². The van der Waals surface area contributed by atoms with Crippen LogP contribution in [0.25, 0.3) is 11.3 Å². The molecule has 3 N–H and O–H groups in total. The first kappa shape index (κ1) is 25.4. The van der Waals surface area contributed by atoms with Gasteiger partial charge in [-0.25, -0.2) is 18.2 Å².